The van der Waals surface area contributed by atoms with Crippen molar-refractivity contribution < 1.29 is 9.90 Å². The van der Waals surface area contributed by atoms with Crippen LogP contribution in [0.25, 0.3) is 16.9 Å². The summed E-state index contributed by atoms with van der Waals surface area (Å²) in [6.45, 7) is 5.05. The van der Waals surface area contributed by atoms with Crippen molar-refractivity contribution in [2.24, 2.45) is 11.8 Å². The fraction of sp³-hybridized carbons (Fsp3) is 0.318. The van der Waals surface area contributed by atoms with Crippen LogP contribution in [0.1, 0.15) is 25.8 Å². The maximum atomic E-state index is 11.5. The molecule has 2 aromatic heterocycles. The second kappa shape index (κ2) is 9.28. The normalized spacial score (nSPS) is 12.2. The van der Waals surface area contributed by atoms with E-state index in [0.717, 1.165) is 22.5 Å². The van der Waals surface area contributed by atoms with Gasteiger partial charge in [0.15, 0.2) is 0 Å². The van der Waals surface area contributed by atoms with Gasteiger partial charge in [0.05, 0.1) is 17.3 Å². The Morgan fingerprint density at radius 3 is 2.61 bits per heavy atom. The van der Waals surface area contributed by atoms with Gasteiger partial charge in [-0.25, -0.2) is 4.68 Å². The van der Waals surface area contributed by atoms with E-state index in [-0.39, 0.29) is 0 Å². The highest BCUT2D eigenvalue weighted by molar-refractivity contribution is 5.70. The smallest absolute Gasteiger partial charge is 0.307 e. The van der Waals surface area contributed by atoms with Crippen molar-refractivity contribution in [3.63, 3.8) is 0 Å². The molecule has 28 heavy (non-hydrogen) atoms. The third kappa shape index (κ3) is 5.04. The van der Waals surface area contributed by atoms with Gasteiger partial charge in [-0.1, -0.05) is 32.0 Å². The minimum atomic E-state index is -0.756. The SMILES string of the molecule is CC(C)CC(CNCc1cn(-c2ccccc2)nc1-c1cccnc1)C(=O)O. The van der Waals surface area contributed by atoms with Gasteiger partial charge in [0.1, 0.15) is 0 Å². The molecule has 6 heteroatoms. The largest absolute Gasteiger partial charge is 0.481 e. The predicted octanol–water partition coefficient (Wildman–Crippen LogP) is 3.77. The summed E-state index contributed by atoms with van der Waals surface area (Å²) in [7, 11) is 0. The van der Waals surface area contributed by atoms with Crippen LogP contribution in [0.4, 0.5) is 0 Å². The summed E-state index contributed by atoms with van der Waals surface area (Å²) < 4.78 is 1.85. The van der Waals surface area contributed by atoms with Gasteiger partial charge in [-0.2, -0.15) is 5.10 Å². The number of carboxylic acid groups (broad SMARTS) is 1. The van der Waals surface area contributed by atoms with Crippen LogP contribution in [0.2, 0.25) is 0 Å². The van der Waals surface area contributed by atoms with Crippen molar-refractivity contribution in [3.05, 3.63) is 66.6 Å². The minimum Gasteiger partial charge on any atom is -0.481 e. The molecule has 1 unspecified atom stereocenters. The zero-order valence-electron chi connectivity index (χ0n) is 16.2. The fourth-order valence-corrected chi connectivity index (χ4v) is 3.22. The molecule has 0 aliphatic heterocycles. The van der Waals surface area contributed by atoms with Crippen molar-refractivity contribution in [3.8, 4) is 16.9 Å². The lowest BCUT2D eigenvalue weighted by Crippen LogP contribution is -2.29. The molecule has 1 atom stereocenters. The molecular weight excluding hydrogens is 352 g/mol. The van der Waals surface area contributed by atoms with E-state index in [1.807, 2.05) is 67.2 Å². The summed E-state index contributed by atoms with van der Waals surface area (Å²) in [6, 6.07) is 13.8. The number of para-hydroxylation sites is 1. The Morgan fingerprint density at radius 2 is 1.96 bits per heavy atom. The molecule has 6 nitrogen and oxygen atoms in total. The number of hydrogen-bond donors (Lipinski definition) is 2. The molecule has 146 valence electrons. The van der Waals surface area contributed by atoms with Crippen LogP contribution in [-0.2, 0) is 11.3 Å². The molecule has 0 amide bonds. The van der Waals surface area contributed by atoms with Gasteiger partial charge in [-0.05, 0) is 36.6 Å². The van der Waals surface area contributed by atoms with Crippen molar-refractivity contribution in [1.82, 2.24) is 20.1 Å². The Bertz CT molecular complexity index is 891. The number of benzene rings is 1. The Kier molecular flexibility index (Phi) is 6.55. The summed E-state index contributed by atoms with van der Waals surface area (Å²) in [5.74, 6) is -0.811. The molecule has 3 aromatic rings. The highest BCUT2D eigenvalue weighted by atomic mass is 16.4. The number of aromatic nitrogens is 3. The molecule has 0 aliphatic rings. The van der Waals surface area contributed by atoms with Crippen molar-refractivity contribution >= 4 is 5.97 Å². The fourth-order valence-electron chi connectivity index (χ4n) is 3.22. The Labute approximate surface area is 165 Å². The quantitative estimate of drug-likeness (QED) is 0.592. The first-order chi connectivity index (χ1) is 13.5. The molecule has 0 saturated carbocycles. The summed E-state index contributed by atoms with van der Waals surface area (Å²) in [6.07, 6.45) is 6.17. The van der Waals surface area contributed by atoms with Gasteiger partial charge >= 0.3 is 5.97 Å². The second-order valence-electron chi connectivity index (χ2n) is 7.32. The maximum absolute atomic E-state index is 11.5. The molecule has 0 radical (unpaired) electrons. The number of hydrogen-bond acceptors (Lipinski definition) is 4. The van der Waals surface area contributed by atoms with Gasteiger partial charge < -0.3 is 10.4 Å². The maximum Gasteiger partial charge on any atom is 0.307 e. The molecule has 0 fully saturated rings. The van der Waals surface area contributed by atoms with Gasteiger partial charge in [-0.15, -0.1) is 0 Å². The predicted molar refractivity (Wildman–Crippen MR) is 109 cm³/mol. The van der Waals surface area contributed by atoms with E-state index in [9.17, 15) is 9.90 Å². The van der Waals surface area contributed by atoms with Gasteiger partial charge in [-0.3, -0.25) is 9.78 Å². The standard InChI is InChI=1S/C22H26N4O2/c1-16(2)11-18(22(27)28)13-24-14-19-15-26(20-8-4-3-5-9-20)25-21(19)17-7-6-10-23-12-17/h3-10,12,15-16,18,24H,11,13-14H2,1-2H3,(H,27,28). The number of nitrogens with zero attached hydrogens (tertiary/aromatic N) is 3. The number of carbonyl (C=O) groups is 1. The molecule has 2 N–H and O–H groups in total. The lowest BCUT2D eigenvalue weighted by atomic mass is 9.97. The number of pyridine rings is 1. The molecule has 0 aliphatic carbocycles. The van der Waals surface area contributed by atoms with E-state index < -0.39 is 11.9 Å². The highest BCUT2D eigenvalue weighted by Gasteiger charge is 2.19. The number of rotatable bonds is 9. The molecule has 0 spiro atoms. The van der Waals surface area contributed by atoms with E-state index >= 15 is 0 Å². The van der Waals surface area contributed by atoms with Crippen LogP contribution in [-0.4, -0.2) is 32.4 Å². The first kappa shape index (κ1) is 19.8. The molecule has 3 rings (SSSR count). The summed E-state index contributed by atoms with van der Waals surface area (Å²) >= 11 is 0. The summed E-state index contributed by atoms with van der Waals surface area (Å²) in [4.78, 5) is 15.7. The van der Waals surface area contributed by atoms with E-state index in [4.69, 9.17) is 5.10 Å². The van der Waals surface area contributed by atoms with Crippen molar-refractivity contribution in [2.45, 2.75) is 26.8 Å². The lowest BCUT2D eigenvalue weighted by Gasteiger charge is -2.15. The third-order valence-corrected chi connectivity index (χ3v) is 4.56. The first-order valence-electron chi connectivity index (χ1n) is 9.52. The molecule has 0 saturated heterocycles. The van der Waals surface area contributed by atoms with Gasteiger partial charge in [0, 0.05) is 42.8 Å². The van der Waals surface area contributed by atoms with Crippen LogP contribution in [0.5, 0.6) is 0 Å². The van der Waals surface area contributed by atoms with Crippen LogP contribution in [0.15, 0.2) is 61.1 Å². The molecule has 0 bridgehead atoms. The Morgan fingerprint density at radius 1 is 1.18 bits per heavy atom. The first-order valence-corrected chi connectivity index (χ1v) is 9.52. The van der Waals surface area contributed by atoms with E-state index in [1.165, 1.54) is 0 Å². The third-order valence-electron chi connectivity index (χ3n) is 4.56. The Hall–Kier alpha value is -2.99. The second-order valence-corrected chi connectivity index (χ2v) is 7.32. The molecule has 2 heterocycles. The topological polar surface area (TPSA) is 80.0 Å². The monoisotopic (exact) mass is 378 g/mol. The van der Waals surface area contributed by atoms with Crippen LogP contribution >= 0.6 is 0 Å². The number of nitrogens with one attached hydrogen (secondary N) is 1. The summed E-state index contributed by atoms with van der Waals surface area (Å²) in [5.41, 5.74) is 3.76. The van der Waals surface area contributed by atoms with Crippen molar-refractivity contribution in [2.75, 3.05) is 6.54 Å². The minimum absolute atomic E-state index is 0.342. The Balaban J connectivity index is 1.81. The number of aliphatic carboxylic acids is 1. The number of carboxylic acids is 1. The average molecular weight is 378 g/mol. The van der Waals surface area contributed by atoms with Crippen LogP contribution < -0.4 is 5.32 Å². The molecule has 1 aromatic carbocycles. The van der Waals surface area contributed by atoms with Crippen LogP contribution in [0.3, 0.4) is 0 Å². The highest BCUT2D eigenvalue weighted by Crippen LogP contribution is 2.23. The zero-order valence-corrected chi connectivity index (χ0v) is 16.2. The van der Waals surface area contributed by atoms with Gasteiger partial charge in [0.25, 0.3) is 0 Å². The molecular formula is C22H26N4O2. The summed E-state index contributed by atoms with van der Waals surface area (Å²) in [5, 5.41) is 17.5. The zero-order chi connectivity index (χ0) is 19.9. The van der Waals surface area contributed by atoms with E-state index in [0.29, 0.717) is 25.4 Å². The van der Waals surface area contributed by atoms with Crippen molar-refractivity contribution in [1.29, 1.82) is 0 Å². The van der Waals surface area contributed by atoms with E-state index in [2.05, 4.69) is 10.3 Å². The lowest BCUT2D eigenvalue weighted by molar-refractivity contribution is -0.142. The van der Waals surface area contributed by atoms with Crippen LogP contribution in [0, 0.1) is 11.8 Å². The average Bonchev–Trinajstić information content (AvgIpc) is 3.12. The van der Waals surface area contributed by atoms with E-state index in [1.54, 1.807) is 12.4 Å². The van der Waals surface area contributed by atoms with Gasteiger partial charge in [0.2, 0.25) is 0 Å².